The van der Waals surface area contributed by atoms with Crippen LogP contribution < -0.4 is 10.6 Å². The molecule has 0 bridgehead atoms. The molecule has 0 spiro atoms. The first-order valence-corrected chi connectivity index (χ1v) is 7.13. The molecule has 1 aliphatic heterocycles. The molecule has 2 unspecified atom stereocenters. The number of piperidine rings is 1. The Kier molecular flexibility index (Phi) is 3.33. The standard InChI is InChI=1S/C17H19N3/c1-12-8-9-20(11-16(12)19)17-7-6-13(10-18)14-4-2-3-5-15(14)17/h2-7,12,16H,8-9,11,19H2,1H3. The van der Waals surface area contributed by atoms with Crippen molar-refractivity contribution in [1.82, 2.24) is 0 Å². The monoisotopic (exact) mass is 265 g/mol. The Morgan fingerprint density at radius 1 is 1.20 bits per heavy atom. The van der Waals surface area contributed by atoms with Gasteiger partial charge in [-0.2, -0.15) is 5.26 Å². The van der Waals surface area contributed by atoms with Gasteiger partial charge in [0.05, 0.1) is 11.6 Å². The Morgan fingerprint density at radius 3 is 2.65 bits per heavy atom. The second-order valence-electron chi connectivity index (χ2n) is 5.67. The van der Waals surface area contributed by atoms with Crippen molar-refractivity contribution in [1.29, 1.82) is 5.26 Å². The Bertz CT molecular complexity index is 671. The third kappa shape index (κ3) is 2.13. The molecule has 0 aliphatic carbocycles. The molecule has 2 aromatic carbocycles. The molecule has 0 saturated carbocycles. The maximum absolute atomic E-state index is 9.23. The number of hydrogen-bond donors (Lipinski definition) is 1. The molecule has 20 heavy (non-hydrogen) atoms. The first kappa shape index (κ1) is 13.0. The molecule has 3 nitrogen and oxygen atoms in total. The van der Waals surface area contributed by atoms with Crippen LogP contribution in [0.2, 0.25) is 0 Å². The molecule has 1 aliphatic rings. The Hall–Kier alpha value is -2.05. The molecule has 1 heterocycles. The van der Waals surface area contributed by atoms with E-state index in [1.807, 2.05) is 24.3 Å². The minimum Gasteiger partial charge on any atom is -0.369 e. The van der Waals surface area contributed by atoms with Crippen molar-refractivity contribution in [2.45, 2.75) is 19.4 Å². The van der Waals surface area contributed by atoms with Gasteiger partial charge in [-0.05, 0) is 24.5 Å². The van der Waals surface area contributed by atoms with Crippen LogP contribution in [-0.2, 0) is 0 Å². The fraction of sp³-hybridized carbons (Fsp3) is 0.353. The molecule has 0 aromatic heterocycles. The zero-order valence-electron chi connectivity index (χ0n) is 11.7. The summed E-state index contributed by atoms with van der Waals surface area (Å²) in [6.45, 7) is 4.14. The summed E-state index contributed by atoms with van der Waals surface area (Å²) < 4.78 is 0. The lowest BCUT2D eigenvalue weighted by Gasteiger charge is -2.37. The highest BCUT2D eigenvalue weighted by molar-refractivity contribution is 5.97. The van der Waals surface area contributed by atoms with Crippen LogP contribution in [0.3, 0.4) is 0 Å². The van der Waals surface area contributed by atoms with Crippen molar-refractivity contribution in [2.75, 3.05) is 18.0 Å². The van der Waals surface area contributed by atoms with E-state index in [-0.39, 0.29) is 6.04 Å². The van der Waals surface area contributed by atoms with Gasteiger partial charge in [-0.15, -0.1) is 0 Å². The van der Waals surface area contributed by atoms with E-state index in [1.54, 1.807) is 0 Å². The predicted octanol–water partition coefficient (Wildman–Crippen LogP) is 2.88. The van der Waals surface area contributed by atoms with Gasteiger partial charge in [0.15, 0.2) is 0 Å². The van der Waals surface area contributed by atoms with Gasteiger partial charge in [-0.25, -0.2) is 0 Å². The first-order chi connectivity index (χ1) is 9.70. The lowest BCUT2D eigenvalue weighted by molar-refractivity contribution is 0.380. The lowest BCUT2D eigenvalue weighted by atomic mass is 9.93. The second-order valence-corrected chi connectivity index (χ2v) is 5.67. The first-order valence-electron chi connectivity index (χ1n) is 7.13. The summed E-state index contributed by atoms with van der Waals surface area (Å²) in [5.41, 5.74) is 8.14. The number of fused-ring (bicyclic) bond motifs is 1. The smallest absolute Gasteiger partial charge is 0.0998 e. The summed E-state index contributed by atoms with van der Waals surface area (Å²) >= 11 is 0. The van der Waals surface area contributed by atoms with Crippen molar-refractivity contribution >= 4 is 16.5 Å². The molecule has 3 rings (SSSR count). The van der Waals surface area contributed by atoms with Crippen LogP contribution in [0.5, 0.6) is 0 Å². The van der Waals surface area contributed by atoms with E-state index in [1.165, 1.54) is 5.69 Å². The number of anilines is 1. The normalized spacial score (nSPS) is 22.8. The zero-order valence-corrected chi connectivity index (χ0v) is 11.7. The quantitative estimate of drug-likeness (QED) is 0.862. The molecule has 2 atom stereocenters. The van der Waals surface area contributed by atoms with Gasteiger partial charge in [0.25, 0.3) is 0 Å². The molecule has 102 valence electrons. The van der Waals surface area contributed by atoms with Gasteiger partial charge in [-0.1, -0.05) is 31.2 Å². The van der Waals surface area contributed by atoms with Gasteiger partial charge in [0.2, 0.25) is 0 Å². The van der Waals surface area contributed by atoms with Crippen molar-refractivity contribution in [2.24, 2.45) is 11.7 Å². The number of nitriles is 1. The molecule has 1 fully saturated rings. The van der Waals surface area contributed by atoms with Crippen molar-refractivity contribution in [3.8, 4) is 6.07 Å². The maximum Gasteiger partial charge on any atom is 0.0998 e. The van der Waals surface area contributed by atoms with Crippen LogP contribution >= 0.6 is 0 Å². The van der Waals surface area contributed by atoms with Crippen LogP contribution in [-0.4, -0.2) is 19.1 Å². The highest BCUT2D eigenvalue weighted by Crippen LogP contribution is 2.31. The molecular formula is C17H19N3. The van der Waals surface area contributed by atoms with Crippen LogP contribution in [0.15, 0.2) is 36.4 Å². The van der Waals surface area contributed by atoms with Crippen LogP contribution in [0.1, 0.15) is 18.9 Å². The van der Waals surface area contributed by atoms with E-state index in [0.29, 0.717) is 5.92 Å². The van der Waals surface area contributed by atoms with E-state index in [9.17, 15) is 5.26 Å². The van der Waals surface area contributed by atoms with E-state index in [4.69, 9.17) is 5.73 Å². The number of benzene rings is 2. The summed E-state index contributed by atoms with van der Waals surface area (Å²) in [6.07, 6.45) is 1.12. The number of nitrogens with two attached hydrogens (primary N) is 1. The largest absolute Gasteiger partial charge is 0.369 e. The molecule has 2 aromatic rings. The van der Waals surface area contributed by atoms with E-state index in [2.05, 4.69) is 30.0 Å². The van der Waals surface area contributed by atoms with Gasteiger partial charge in [0, 0.05) is 35.6 Å². The number of rotatable bonds is 1. The predicted molar refractivity (Wildman–Crippen MR) is 82.6 cm³/mol. The minimum absolute atomic E-state index is 0.221. The van der Waals surface area contributed by atoms with Crippen LogP contribution in [0.25, 0.3) is 10.8 Å². The fourth-order valence-electron chi connectivity index (χ4n) is 2.97. The highest BCUT2D eigenvalue weighted by atomic mass is 15.2. The third-order valence-electron chi connectivity index (χ3n) is 4.38. The molecule has 3 heteroatoms. The van der Waals surface area contributed by atoms with Gasteiger partial charge in [-0.3, -0.25) is 0 Å². The Morgan fingerprint density at radius 2 is 1.95 bits per heavy atom. The average Bonchev–Trinajstić information content (AvgIpc) is 2.49. The summed E-state index contributed by atoms with van der Waals surface area (Å²) in [6, 6.07) is 14.6. The van der Waals surface area contributed by atoms with Gasteiger partial charge >= 0.3 is 0 Å². The van der Waals surface area contributed by atoms with Crippen LogP contribution in [0, 0.1) is 17.2 Å². The van der Waals surface area contributed by atoms with E-state index in [0.717, 1.165) is 35.8 Å². The lowest BCUT2D eigenvalue weighted by Crippen LogP contribution is -2.47. The Labute approximate surface area is 119 Å². The Balaban J connectivity index is 2.07. The summed E-state index contributed by atoms with van der Waals surface area (Å²) in [4.78, 5) is 2.36. The average molecular weight is 265 g/mol. The molecule has 2 N–H and O–H groups in total. The maximum atomic E-state index is 9.23. The van der Waals surface area contributed by atoms with E-state index < -0.39 is 0 Å². The van der Waals surface area contributed by atoms with Crippen molar-refractivity contribution < 1.29 is 0 Å². The highest BCUT2D eigenvalue weighted by Gasteiger charge is 2.24. The molecular weight excluding hydrogens is 246 g/mol. The summed E-state index contributed by atoms with van der Waals surface area (Å²) in [5.74, 6) is 0.580. The van der Waals surface area contributed by atoms with Gasteiger partial charge < -0.3 is 10.6 Å². The summed E-state index contributed by atoms with van der Waals surface area (Å²) in [5, 5.41) is 11.4. The van der Waals surface area contributed by atoms with E-state index >= 15 is 0 Å². The SMILES string of the molecule is CC1CCN(c2ccc(C#N)c3ccccc23)CC1N. The van der Waals surface area contributed by atoms with Crippen molar-refractivity contribution in [3.05, 3.63) is 42.0 Å². The number of nitrogens with zero attached hydrogens (tertiary/aromatic N) is 2. The third-order valence-corrected chi connectivity index (χ3v) is 4.38. The molecule has 1 saturated heterocycles. The van der Waals surface area contributed by atoms with Crippen molar-refractivity contribution in [3.63, 3.8) is 0 Å². The second kappa shape index (κ2) is 5.15. The summed E-state index contributed by atoms with van der Waals surface area (Å²) in [7, 11) is 0. The zero-order chi connectivity index (χ0) is 14.1. The van der Waals surface area contributed by atoms with Gasteiger partial charge in [0.1, 0.15) is 0 Å². The molecule has 0 amide bonds. The topological polar surface area (TPSA) is 53.0 Å². The minimum atomic E-state index is 0.221. The molecule has 0 radical (unpaired) electrons. The fourth-order valence-corrected chi connectivity index (χ4v) is 2.97. The van der Waals surface area contributed by atoms with Crippen LogP contribution in [0.4, 0.5) is 5.69 Å². The number of hydrogen-bond acceptors (Lipinski definition) is 3.